The highest BCUT2D eigenvalue weighted by Gasteiger charge is 2.23. The average Bonchev–Trinajstić information content (AvgIpc) is 3.14. The molecule has 28 heavy (non-hydrogen) atoms. The fourth-order valence-corrected chi connectivity index (χ4v) is 2.93. The zero-order valence-electron chi connectivity index (χ0n) is 15.6. The number of aromatic nitrogens is 1. The number of rotatable bonds is 7. The van der Waals surface area contributed by atoms with Gasteiger partial charge in [0.15, 0.2) is 0 Å². The van der Waals surface area contributed by atoms with Gasteiger partial charge in [-0.15, -0.1) is 0 Å². The molecule has 3 rings (SSSR count). The van der Waals surface area contributed by atoms with Crippen molar-refractivity contribution in [1.82, 2.24) is 10.3 Å². The summed E-state index contributed by atoms with van der Waals surface area (Å²) in [5.74, 6) is -0.854. The van der Waals surface area contributed by atoms with Crippen LogP contribution in [0.2, 0.25) is 0 Å². The van der Waals surface area contributed by atoms with Crippen molar-refractivity contribution >= 4 is 29.0 Å². The fraction of sp³-hybridized carbons (Fsp3) is 0.190. The third-order valence-electron chi connectivity index (χ3n) is 4.37. The van der Waals surface area contributed by atoms with Gasteiger partial charge in [0.05, 0.1) is 13.3 Å². The molecule has 0 aliphatic carbocycles. The number of aromatic amines is 1. The van der Waals surface area contributed by atoms with Crippen molar-refractivity contribution in [3.8, 4) is 0 Å². The highest BCUT2D eigenvalue weighted by Crippen LogP contribution is 2.19. The molecule has 7 heteroatoms. The number of fused-ring (bicyclic) bond motifs is 1. The molecular weight excluding hydrogens is 358 g/mol. The van der Waals surface area contributed by atoms with Gasteiger partial charge in [0.1, 0.15) is 13.2 Å². The Morgan fingerprint density at radius 3 is 2.61 bits per heavy atom. The van der Waals surface area contributed by atoms with Gasteiger partial charge < -0.3 is 19.9 Å². The Morgan fingerprint density at radius 1 is 1.14 bits per heavy atom. The van der Waals surface area contributed by atoms with Crippen molar-refractivity contribution in [2.45, 2.75) is 12.5 Å². The molecule has 7 nitrogen and oxygen atoms in total. The first-order valence-corrected chi connectivity index (χ1v) is 8.72. The average molecular weight is 379 g/mol. The number of nitrogens with one attached hydrogen (secondary N) is 2. The molecule has 0 radical (unpaired) electrons. The summed E-state index contributed by atoms with van der Waals surface area (Å²) in [5.41, 5.74) is 3.13. The number of carbonyl (C=O) groups is 2. The van der Waals surface area contributed by atoms with Gasteiger partial charge >= 0.3 is 5.97 Å². The number of carbonyl (C=O) groups excluding carboxylic acids is 2. The fourth-order valence-electron chi connectivity index (χ4n) is 2.93. The van der Waals surface area contributed by atoms with Crippen LogP contribution in [0.3, 0.4) is 0 Å². The lowest BCUT2D eigenvalue weighted by Gasteiger charge is -2.16. The monoisotopic (exact) mass is 379 g/mol. The second kappa shape index (κ2) is 8.85. The van der Waals surface area contributed by atoms with E-state index in [-0.39, 0.29) is 5.91 Å². The van der Waals surface area contributed by atoms with Crippen molar-refractivity contribution in [2.24, 2.45) is 5.16 Å². The second-order valence-corrected chi connectivity index (χ2v) is 6.15. The molecule has 3 aromatic rings. The van der Waals surface area contributed by atoms with E-state index >= 15 is 0 Å². The van der Waals surface area contributed by atoms with Gasteiger partial charge in [-0.2, -0.15) is 0 Å². The Morgan fingerprint density at radius 2 is 1.89 bits per heavy atom. The quantitative estimate of drug-likeness (QED) is 0.375. The molecule has 2 N–H and O–H groups in total. The summed E-state index contributed by atoms with van der Waals surface area (Å²) in [7, 11) is 2.76. The lowest BCUT2D eigenvalue weighted by atomic mass is 10.0. The van der Waals surface area contributed by atoms with Crippen LogP contribution in [0.5, 0.6) is 0 Å². The predicted octanol–water partition coefficient (Wildman–Crippen LogP) is 2.66. The molecule has 1 heterocycles. The van der Waals surface area contributed by atoms with E-state index in [0.29, 0.717) is 12.0 Å². The summed E-state index contributed by atoms with van der Waals surface area (Å²) in [6.45, 7) is 0. The van der Waals surface area contributed by atoms with Crippen molar-refractivity contribution in [3.63, 3.8) is 0 Å². The lowest BCUT2D eigenvalue weighted by Crippen LogP contribution is -2.43. The first-order valence-electron chi connectivity index (χ1n) is 8.72. The van der Waals surface area contributed by atoms with E-state index in [1.807, 2.05) is 30.5 Å². The zero-order valence-corrected chi connectivity index (χ0v) is 15.6. The van der Waals surface area contributed by atoms with Gasteiger partial charge in [-0.05, 0) is 29.3 Å². The summed E-state index contributed by atoms with van der Waals surface area (Å²) in [5, 5.41) is 7.45. The molecule has 1 amide bonds. The van der Waals surface area contributed by atoms with Crippen molar-refractivity contribution in [3.05, 3.63) is 71.4 Å². The number of ether oxygens (including phenoxy) is 1. The SMILES string of the molecule is CO/N=C/c1ccc(C(=O)NC(Cc2c[nH]c3ccccc23)C(=O)OC)cc1. The number of hydrogen-bond donors (Lipinski definition) is 2. The molecule has 0 bridgehead atoms. The molecule has 1 atom stereocenters. The minimum absolute atomic E-state index is 0.320. The largest absolute Gasteiger partial charge is 0.467 e. The standard InChI is InChI=1S/C21H21N3O4/c1-27-21(26)19(11-16-13-22-18-6-4-3-5-17(16)18)24-20(25)15-9-7-14(8-10-15)12-23-28-2/h3-10,12-13,19,22H,11H2,1-2H3,(H,24,25)/b23-12+. The zero-order chi connectivity index (χ0) is 19.9. The number of esters is 1. The van der Waals surface area contributed by atoms with Crippen molar-refractivity contribution < 1.29 is 19.2 Å². The molecule has 0 saturated heterocycles. The lowest BCUT2D eigenvalue weighted by molar-refractivity contribution is -0.142. The van der Waals surface area contributed by atoms with Gasteiger partial charge in [-0.25, -0.2) is 4.79 Å². The minimum atomic E-state index is -0.800. The number of H-pyrrole nitrogens is 1. The number of benzene rings is 2. The van der Waals surface area contributed by atoms with E-state index in [1.54, 1.807) is 24.3 Å². The Bertz CT molecular complexity index is 992. The predicted molar refractivity (Wildman–Crippen MR) is 106 cm³/mol. The van der Waals surface area contributed by atoms with Gasteiger partial charge in [0.25, 0.3) is 5.91 Å². The maximum absolute atomic E-state index is 12.6. The Balaban J connectivity index is 1.76. The van der Waals surface area contributed by atoms with E-state index < -0.39 is 12.0 Å². The molecule has 1 aromatic heterocycles. The van der Waals surface area contributed by atoms with Crippen LogP contribution in [-0.4, -0.2) is 43.3 Å². The molecular formula is C21H21N3O4. The number of hydrogen-bond acceptors (Lipinski definition) is 5. The van der Waals surface area contributed by atoms with Gasteiger partial charge in [0.2, 0.25) is 0 Å². The van der Waals surface area contributed by atoms with Crippen LogP contribution in [0.15, 0.2) is 59.9 Å². The molecule has 0 aliphatic heterocycles. The Labute approximate surface area is 162 Å². The van der Waals surface area contributed by atoms with Gasteiger partial charge in [-0.3, -0.25) is 4.79 Å². The molecule has 0 aliphatic rings. The first-order chi connectivity index (χ1) is 13.6. The number of methoxy groups -OCH3 is 1. The van der Waals surface area contributed by atoms with Crippen LogP contribution < -0.4 is 5.32 Å². The van der Waals surface area contributed by atoms with Gasteiger partial charge in [-0.1, -0.05) is 35.5 Å². The van der Waals surface area contributed by atoms with Crippen LogP contribution in [0.4, 0.5) is 0 Å². The number of para-hydroxylation sites is 1. The maximum Gasteiger partial charge on any atom is 0.328 e. The third-order valence-corrected chi connectivity index (χ3v) is 4.37. The highest BCUT2D eigenvalue weighted by atomic mass is 16.6. The first kappa shape index (κ1) is 19.2. The molecule has 144 valence electrons. The van der Waals surface area contributed by atoms with Crippen LogP contribution in [0, 0.1) is 0 Å². The number of oxime groups is 1. The highest BCUT2D eigenvalue weighted by molar-refractivity contribution is 5.97. The summed E-state index contributed by atoms with van der Waals surface area (Å²) < 4.78 is 4.88. The molecule has 0 saturated carbocycles. The van der Waals surface area contributed by atoms with Crippen LogP contribution >= 0.6 is 0 Å². The second-order valence-electron chi connectivity index (χ2n) is 6.15. The van der Waals surface area contributed by atoms with Gasteiger partial charge in [0, 0.05) is 29.1 Å². The van der Waals surface area contributed by atoms with Crippen molar-refractivity contribution in [1.29, 1.82) is 0 Å². The van der Waals surface area contributed by atoms with E-state index in [1.165, 1.54) is 20.4 Å². The minimum Gasteiger partial charge on any atom is -0.467 e. The third kappa shape index (κ3) is 4.37. The summed E-state index contributed by atoms with van der Waals surface area (Å²) in [6.07, 6.45) is 3.70. The molecule has 0 spiro atoms. The van der Waals surface area contributed by atoms with E-state index in [0.717, 1.165) is 22.0 Å². The van der Waals surface area contributed by atoms with Crippen LogP contribution in [0.25, 0.3) is 10.9 Å². The maximum atomic E-state index is 12.6. The topological polar surface area (TPSA) is 92.8 Å². The molecule has 0 fully saturated rings. The van der Waals surface area contributed by atoms with Crippen LogP contribution in [-0.2, 0) is 20.8 Å². The number of amides is 1. The summed E-state index contributed by atoms with van der Waals surface area (Å²) >= 11 is 0. The number of nitrogens with zero attached hydrogens (tertiary/aromatic N) is 1. The van der Waals surface area contributed by atoms with Crippen molar-refractivity contribution in [2.75, 3.05) is 14.2 Å². The Kier molecular flexibility index (Phi) is 6.06. The molecule has 1 unspecified atom stereocenters. The van der Waals surface area contributed by atoms with Crippen LogP contribution in [0.1, 0.15) is 21.5 Å². The summed E-state index contributed by atoms with van der Waals surface area (Å²) in [6, 6.07) is 13.8. The molecule has 2 aromatic carbocycles. The Hall–Kier alpha value is -3.61. The normalized spacial score (nSPS) is 12.1. The summed E-state index contributed by atoms with van der Waals surface area (Å²) in [4.78, 5) is 32.6. The van der Waals surface area contributed by atoms with E-state index in [4.69, 9.17) is 4.74 Å². The van der Waals surface area contributed by atoms with E-state index in [2.05, 4.69) is 20.3 Å². The smallest absolute Gasteiger partial charge is 0.328 e. The van der Waals surface area contributed by atoms with E-state index in [9.17, 15) is 9.59 Å².